The maximum absolute atomic E-state index is 5.55. The van der Waals surface area contributed by atoms with Crippen molar-refractivity contribution in [3.63, 3.8) is 0 Å². The minimum absolute atomic E-state index is 0.517. The van der Waals surface area contributed by atoms with E-state index in [1.807, 2.05) is 0 Å². The Morgan fingerprint density at radius 2 is 2.25 bits per heavy atom. The molecule has 0 aromatic carbocycles. The largest absolute Gasteiger partial charge is 0.377 e. The predicted octanol–water partition coefficient (Wildman–Crippen LogP) is 2.99. The number of alkyl halides is 1. The first-order valence-corrected chi connectivity index (χ1v) is 5.16. The molecule has 1 nitrogen and oxygen atoms in total. The van der Waals surface area contributed by atoms with Gasteiger partial charge in [0.2, 0.25) is 0 Å². The Hall–Kier alpha value is -0.0100. The highest BCUT2D eigenvalue weighted by Gasteiger charge is 2.16. The monoisotopic (exact) mass is 188 g/mol. The molecule has 0 radical (unpaired) electrons. The lowest BCUT2D eigenvalue weighted by molar-refractivity contribution is 0.124. The molecule has 0 N–H and O–H groups in total. The summed E-state index contributed by atoms with van der Waals surface area (Å²) in [6.45, 7) is 5.28. The van der Waals surface area contributed by atoms with Crippen molar-refractivity contribution < 1.29 is 4.74 Å². The molecule has 0 bridgehead atoms. The summed E-state index contributed by atoms with van der Waals surface area (Å²) >= 11 is 5.55. The van der Waals surface area contributed by atoms with Gasteiger partial charge in [-0.2, -0.15) is 0 Å². The first kappa shape index (κ1) is 10.1. The SMILES string of the molecule is C=C(CCl)COCCC1CCC1. The number of rotatable bonds is 6. The van der Waals surface area contributed by atoms with Crippen LogP contribution in [0.2, 0.25) is 0 Å². The van der Waals surface area contributed by atoms with Crippen LogP contribution in [0.5, 0.6) is 0 Å². The van der Waals surface area contributed by atoms with E-state index in [-0.39, 0.29) is 0 Å². The van der Waals surface area contributed by atoms with Gasteiger partial charge in [0, 0.05) is 12.5 Å². The lowest BCUT2D eigenvalue weighted by Crippen LogP contribution is -2.14. The van der Waals surface area contributed by atoms with Gasteiger partial charge in [0.1, 0.15) is 0 Å². The van der Waals surface area contributed by atoms with Crippen LogP contribution in [0.15, 0.2) is 12.2 Å². The number of halogens is 1. The van der Waals surface area contributed by atoms with E-state index < -0.39 is 0 Å². The quantitative estimate of drug-likeness (QED) is 0.354. The standard InChI is InChI=1S/C10H17ClO/c1-9(7-11)8-12-6-5-10-3-2-4-10/h10H,1-8H2. The normalized spacial score (nSPS) is 17.4. The fourth-order valence-corrected chi connectivity index (χ4v) is 1.36. The molecule has 0 spiro atoms. The Bertz CT molecular complexity index is 141. The predicted molar refractivity (Wildman–Crippen MR) is 52.6 cm³/mol. The smallest absolute Gasteiger partial charge is 0.0685 e. The number of ether oxygens (including phenoxy) is 1. The second kappa shape index (κ2) is 5.60. The van der Waals surface area contributed by atoms with Gasteiger partial charge < -0.3 is 4.74 Å². The molecule has 12 heavy (non-hydrogen) atoms. The highest BCUT2D eigenvalue weighted by Crippen LogP contribution is 2.29. The lowest BCUT2D eigenvalue weighted by atomic mass is 9.83. The van der Waals surface area contributed by atoms with Crippen molar-refractivity contribution in [3.05, 3.63) is 12.2 Å². The van der Waals surface area contributed by atoms with Crippen molar-refractivity contribution in [2.75, 3.05) is 19.1 Å². The minimum atomic E-state index is 0.517. The molecule has 70 valence electrons. The van der Waals surface area contributed by atoms with Gasteiger partial charge in [0.25, 0.3) is 0 Å². The van der Waals surface area contributed by atoms with Crippen LogP contribution in [0.25, 0.3) is 0 Å². The highest BCUT2D eigenvalue weighted by atomic mass is 35.5. The fourth-order valence-electron chi connectivity index (χ4n) is 1.29. The van der Waals surface area contributed by atoms with Gasteiger partial charge in [0.15, 0.2) is 0 Å². The fraction of sp³-hybridized carbons (Fsp3) is 0.800. The van der Waals surface area contributed by atoms with E-state index in [9.17, 15) is 0 Å². The molecule has 1 saturated carbocycles. The first-order chi connectivity index (χ1) is 5.83. The van der Waals surface area contributed by atoms with E-state index in [0.717, 1.165) is 18.1 Å². The van der Waals surface area contributed by atoms with E-state index in [0.29, 0.717) is 12.5 Å². The molecular weight excluding hydrogens is 172 g/mol. The van der Waals surface area contributed by atoms with E-state index in [1.165, 1.54) is 25.7 Å². The second-order valence-corrected chi connectivity index (χ2v) is 3.79. The number of hydrogen-bond donors (Lipinski definition) is 0. The molecule has 0 aliphatic heterocycles. The lowest BCUT2D eigenvalue weighted by Gasteiger charge is -2.24. The van der Waals surface area contributed by atoms with Gasteiger partial charge >= 0.3 is 0 Å². The van der Waals surface area contributed by atoms with E-state index in [2.05, 4.69) is 6.58 Å². The van der Waals surface area contributed by atoms with E-state index >= 15 is 0 Å². The summed E-state index contributed by atoms with van der Waals surface area (Å²) in [5.41, 5.74) is 0.977. The molecule has 1 rings (SSSR count). The average Bonchev–Trinajstić information content (AvgIpc) is 2.00. The molecule has 2 heteroatoms. The Kier molecular flexibility index (Phi) is 4.70. The molecular formula is C10H17ClO. The van der Waals surface area contributed by atoms with Gasteiger partial charge in [-0.15, -0.1) is 11.6 Å². The van der Waals surface area contributed by atoms with Crippen LogP contribution in [-0.2, 0) is 4.74 Å². The van der Waals surface area contributed by atoms with Crippen molar-refractivity contribution in [3.8, 4) is 0 Å². The molecule has 0 amide bonds. The molecule has 0 aromatic heterocycles. The Morgan fingerprint density at radius 1 is 1.50 bits per heavy atom. The molecule has 0 aromatic rings. The van der Waals surface area contributed by atoms with Crippen molar-refractivity contribution in [1.29, 1.82) is 0 Å². The van der Waals surface area contributed by atoms with Crippen molar-refractivity contribution in [1.82, 2.24) is 0 Å². The third-order valence-corrected chi connectivity index (χ3v) is 2.77. The molecule has 0 atom stereocenters. The minimum Gasteiger partial charge on any atom is -0.377 e. The average molecular weight is 189 g/mol. The molecule has 1 fully saturated rings. The van der Waals surface area contributed by atoms with Crippen molar-refractivity contribution in [2.24, 2.45) is 5.92 Å². The summed E-state index contributed by atoms with van der Waals surface area (Å²) in [5, 5.41) is 0. The maximum atomic E-state index is 5.55. The molecule has 1 aliphatic carbocycles. The van der Waals surface area contributed by atoms with Crippen LogP contribution in [0.3, 0.4) is 0 Å². The van der Waals surface area contributed by atoms with Crippen LogP contribution in [-0.4, -0.2) is 19.1 Å². The molecule has 0 heterocycles. The number of hydrogen-bond acceptors (Lipinski definition) is 1. The molecule has 0 unspecified atom stereocenters. The zero-order valence-corrected chi connectivity index (χ0v) is 8.28. The van der Waals surface area contributed by atoms with E-state index in [1.54, 1.807) is 0 Å². The molecule has 1 aliphatic rings. The third kappa shape index (κ3) is 3.59. The van der Waals surface area contributed by atoms with Gasteiger partial charge in [0.05, 0.1) is 6.61 Å². The summed E-state index contributed by atoms with van der Waals surface area (Å²) in [6.07, 6.45) is 5.44. The second-order valence-electron chi connectivity index (χ2n) is 3.52. The summed E-state index contributed by atoms with van der Waals surface area (Å²) in [7, 11) is 0. The summed E-state index contributed by atoms with van der Waals surface area (Å²) in [6, 6.07) is 0. The van der Waals surface area contributed by atoms with Gasteiger partial charge in [-0.3, -0.25) is 0 Å². The van der Waals surface area contributed by atoms with E-state index in [4.69, 9.17) is 16.3 Å². The highest BCUT2D eigenvalue weighted by molar-refractivity contribution is 6.19. The van der Waals surface area contributed by atoms with Crippen LogP contribution < -0.4 is 0 Å². The summed E-state index contributed by atoms with van der Waals surface area (Å²) < 4.78 is 5.41. The van der Waals surface area contributed by atoms with Gasteiger partial charge in [-0.05, 0) is 17.9 Å². The van der Waals surface area contributed by atoms with Crippen LogP contribution in [0.1, 0.15) is 25.7 Å². The zero-order valence-electron chi connectivity index (χ0n) is 7.52. The van der Waals surface area contributed by atoms with Gasteiger partial charge in [-0.25, -0.2) is 0 Å². The van der Waals surface area contributed by atoms with Crippen LogP contribution in [0, 0.1) is 5.92 Å². The van der Waals surface area contributed by atoms with Crippen molar-refractivity contribution in [2.45, 2.75) is 25.7 Å². The molecule has 0 saturated heterocycles. The van der Waals surface area contributed by atoms with Gasteiger partial charge in [-0.1, -0.05) is 25.8 Å². The Morgan fingerprint density at radius 3 is 2.75 bits per heavy atom. The Balaban J connectivity index is 1.85. The topological polar surface area (TPSA) is 9.23 Å². The zero-order chi connectivity index (χ0) is 8.81. The first-order valence-electron chi connectivity index (χ1n) is 4.63. The Labute approximate surface area is 79.7 Å². The maximum Gasteiger partial charge on any atom is 0.0685 e. The third-order valence-electron chi connectivity index (χ3n) is 2.39. The van der Waals surface area contributed by atoms with Crippen LogP contribution >= 0.6 is 11.6 Å². The van der Waals surface area contributed by atoms with Crippen molar-refractivity contribution >= 4 is 11.6 Å². The summed E-state index contributed by atoms with van der Waals surface area (Å²) in [4.78, 5) is 0. The van der Waals surface area contributed by atoms with Crippen LogP contribution in [0.4, 0.5) is 0 Å². The summed E-state index contributed by atoms with van der Waals surface area (Å²) in [5.74, 6) is 1.46.